The zero-order valence-corrected chi connectivity index (χ0v) is 12.6. The van der Waals surface area contributed by atoms with Crippen molar-refractivity contribution in [3.63, 3.8) is 0 Å². The predicted octanol–water partition coefficient (Wildman–Crippen LogP) is 3.04. The van der Waals surface area contributed by atoms with Gasteiger partial charge in [0.25, 0.3) is 5.91 Å². The molecule has 1 aliphatic rings. The van der Waals surface area contributed by atoms with Crippen molar-refractivity contribution in [2.24, 2.45) is 0 Å². The van der Waals surface area contributed by atoms with Gasteiger partial charge in [-0.05, 0) is 11.6 Å². The average Bonchev–Trinajstić information content (AvgIpc) is 3.00. The standard InChI is InChI=1S/C12H10ClFN2O2S2/c13-11-10(19-5-16-11)12(17)15-4-7-6-3-9(14)20-8(6)1-2-18-7/h3,5,7H,1-2,4H2,(H,15,17). The third-order valence-electron chi connectivity index (χ3n) is 2.98. The Morgan fingerprint density at radius 2 is 2.50 bits per heavy atom. The molecule has 0 saturated carbocycles. The van der Waals surface area contributed by atoms with Gasteiger partial charge in [-0.15, -0.1) is 22.7 Å². The van der Waals surface area contributed by atoms with Gasteiger partial charge in [0.05, 0.1) is 12.1 Å². The summed E-state index contributed by atoms with van der Waals surface area (Å²) < 4.78 is 18.9. The molecule has 0 fully saturated rings. The number of amides is 1. The lowest BCUT2D eigenvalue weighted by Gasteiger charge is -2.23. The molecular formula is C12H10ClFN2O2S2. The normalized spacial score (nSPS) is 17.8. The molecule has 2 aromatic heterocycles. The molecule has 0 aliphatic carbocycles. The molecule has 3 heterocycles. The summed E-state index contributed by atoms with van der Waals surface area (Å²) in [5.74, 6) is -0.288. The zero-order valence-electron chi connectivity index (χ0n) is 10.2. The molecule has 2 aromatic rings. The van der Waals surface area contributed by atoms with Crippen LogP contribution in [-0.2, 0) is 11.2 Å². The van der Waals surface area contributed by atoms with Crippen molar-refractivity contribution in [3.05, 3.63) is 37.2 Å². The maximum atomic E-state index is 13.3. The minimum Gasteiger partial charge on any atom is -0.371 e. The third kappa shape index (κ3) is 2.71. The molecule has 0 spiro atoms. The first-order chi connectivity index (χ1) is 9.65. The van der Waals surface area contributed by atoms with Crippen LogP contribution in [-0.4, -0.2) is 24.0 Å². The fraction of sp³-hybridized carbons (Fsp3) is 0.333. The molecule has 0 saturated heterocycles. The van der Waals surface area contributed by atoms with E-state index in [1.165, 1.54) is 22.9 Å². The van der Waals surface area contributed by atoms with Crippen LogP contribution in [0.25, 0.3) is 0 Å². The number of ether oxygens (including phenoxy) is 1. The quantitative estimate of drug-likeness (QED) is 0.940. The number of carbonyl (C=O) groups excluding carboxylic acids is 1. The summed E-state index contributed by atoms with van der Waals surface area (Å²) in [7, 11) is 0. The van der Waals surface area contributed by atoms with Crippen molar-refractivity contribution in [1.29, 1.82) is 0 Å². The number of fused-ring (bicyclic) bond motifs is 1. The SMILES string of the molecule is O=C(NCC1OCCc2sc(F)cc21)c1scnc1Cl. The van der Waals surface area contributed by atoms with E-state index in [0.29, 0.717) is 11.5 Å². The Kier molecular flexibility index (Phi) is 4.02. The Bertz CT molecular complexity index is 643. The van der Waals surface area contributed by atoms with Crippen molar-refractivity contribution < 1.29 is 13.9 Å². The highest BCUT2D eigenvalue weighted by Gasteiger charge is 2.25. The van der Waals surface area contributed by atoms with Gasteiger partial charge in [0.2, 0.25) is 0 Å². The van der Waals surface area contributed by atoms with Crippen LogP contribution in [0.4, 0.5) is 4.39 Å². The number of rotatable bonds is 3. The topological polar surface area (TPSA) is 51.2 Å². The third-order valence-corrected chi connectivity index (χ3v) is 5.21. The van der Waals surface area contributed by atoms with Crippen LogP contribution in [0.1, 0.15) is 26.2 Å². The van der Waals surface area contributed by atoms with Gasteiger partial charge in [0.15, 0.2) is 10.3 Å². The number of nitrogens with one attached hydrogen (secondary N) is 1. The summed E-state index contributed by atoms with van der Waals surface area (Å²) >= 11 is 8.12. The Morgan fingerprint density at radius 3 is 3.25 bits per heavy atom. The molecule has 1 amide bonds. The number of hydrogen-bond donors (Lipinski definition) is 1. The van der Waals surface area contributed by atoms with Crippen molar-refractivity contribution in [2.45, 2.75) is 12.5 Å². The molecule has 1 aliphatic heterocycles. The Balaban J connectivity index is 1.68. The minimum atomic E-state index is -0.310. The molecule has 1 N–H and O–H groups in total. The van der Waals surface area contributed by atoms with Crippen molar-refractivity contribution in [3.8, 4) is 0 Å². The van der Waals surface area contributed by atoms with Crippen LogP contribution in [0.5, 0.6) is 0 Å². The van der Waals surface area contributed by atoms with Gasteiger partial charge in [-0.25, -0.2) is 4.98 Å². The fourth-order valence-corrected chi connectivity index (χ4v) is 3.91. The maximum absolute atomic E-state index is 13.3. The first kappa shape index (κ1) is 13.9. The van der Waals surface area contributed by atoms with Gasteiger partial charge in [-0.3, -0.25) is 4.79 Å². The summed E-state index contributed by atoms with van der Waals surface area (Å²) in [5, 5.41) is 2.72. The summed E-state index contributed by atoms with van der Waals surface area (Å²) in [6.45, 7) is 0.824. The second-order valence-electron chi connectivity index (χ2n) is 4.22. The molecular weight excluding hydrogens is 323 g/mol. The molecule has 3 rings (SSSR count). The summed E-state index contributed by atoms with van der Waals surface area (Å²) in [6.07, 6.45) is 0.407. The van der Waals surface area contributed by atoms with E-state index in [1.807, 2.05) is 0 Å². The second kappa shape index (κ2) is 5.77. The molecule has 106 valence electrons. The Labute approximate surface area is 127 Å². The number of hydrogen-bond acceptors (Lipinski definition) is 5. The number of thiazole rings is 1. The fourth-order valence-electron chi connectivity index (χ4n) is 2.07. The lowest BCUT2D eigenvalue weighted by molar-refractivity contribution is 0.0423. The Morgan fingerprint density at radius 1 is 1.65 bits per heavy atom. The van der Waals surface area contributed by atoms with E-state index in [4.69, 9.17) is 16.3 Å². The molecule has 0 radical (unpaired) electrons. The summed E-state index contributed by atoms with van der Waals surface area (Å²) in [6, 6.07) is 1.48. The molecule has 0 aromatic carbocycles. The van der Waals surface area contributed by atoms with E-state index in [2.05, 4.69) is 10.3 Å². The maximum Gasteiger partial charge on any atom is 0.264 e. The van der Waals surface area contributed by atoms with Crippen LogP contribution in [0.15, 0.2) is 11.6 Å². The second-order valence-corrected chi connectivity index (χ2v) is 6.52. The molecule has 8 heteroatoms. The van der Waals surface area contributed by atoms with E-state index in [-0.39, 0.29) is 28.8 Å². The average molecular weight is 333 g/mol. The molecule has 4 nitrogen and oxygen atoms in total. The number of nitrogens with zero attached hydrogens (tertiary/aromatic N) is 1. The lowest BCUT2D eigenvalue weighted by Crippen LogP contribution is -2.31. The highest BCUT2D eigenvalue weighted by atomic mass is 35.5. The van der Waals surface area contributed by atoms with Crippen LogP contribution < -0.4 is 5.32 Å². The number of carbonyl (C=O) groups is 1. The predicted molar refractivity (Wildman–Crippen MR) is 76.1 cm³/mol. The minimum absolute atomic E-state index is 0.194. The molecule has 1 unspecified atom stereocenters. The van der Waals surface area contributed by atoms with Crippen molar-refractivity contribution in [1.82, 2.24) is 10.3 Å². The van der Waals surface area contributed by atoms with Gasteiger partial charge in [-0.1, -0.05) is 11.6 Å². The van der Waals surface area contributed by atoms with E-state index in [1.54, 1.807) is 0 Å². The van der Waals surface area contributed by atoms with Crippen molar-refractivity contribution >= 4 is 40.2 Å². The number of aromatic nitrogens is 1. The van der Waals surface area contributed by atoms with E-state index < -0.39 is 0 Å². The van der Waals surface area contributed by atoms with Gasteiger partial charge < -0.3 is 10.1 Å². The van der Waals surface area contributed by atoms with Crippen LogP contribution in [0, 0.1) is 5.13 Å². The smallest absolute Gasteiger partial charge is 0.264 e. The van der Waals surface area contributed by atoms with Gasteiger partial charge in [-0.2, -0.15) is 4.39 Å². The highest BCUT2D eigenvalue weighted by Crippen LogP contribution is 2.32. The van der Waals surface area contributed by atoms with Crippen LogP contribution in [0.2, 0.25) is 5.15 Å². The van der Waals surface area contributed by atoms with E-state index in [0.717, 1.165) is 28.2 Å². The largest absolute Gasteiger partial charge is 0.371 e. The molecule has 0 bridgehead atoms. The summed E-state index contributed by atoms with van der Waals surface area (Å²) in [4.78, 5) is 17.1. The van der Waals surface area contributed by atoms with E-state index >= 15 is 0 Å². The zero-order chi connectivity index (χ0) is 14.1. The first-order valence-corrected chi connectivity index (χ1v) is 7.99. The first-order valence-electron chi connectivity index (χ1n) is 5.92. The van der Waals surface area contributed by atoms with Gasteiger partial charge in [0, 0.05) is 17.8 Å². The van der Waals surface area contributed by atoms with Gasteiger partial charge in [0.1, 0.15) is 11.0 Å². The monoisotopic (exact) mass is 332 g/mol. The molecule has 1 atom stereocenters. The van der Waals surface area contributed by atoms with Gasteiger partial charge >= 0.3 is 0 Å². The summed E-state index contributed by atoms with van der Waals surface area (Å²) in [5.41, 5.74) is 2.34. The van der Waals surface area contributed by atoms with Crippen LogP contribution in [0.3, 0.4) is 0 Å². The van der Waals surface area contributed by atoms with Crippen LogP contribution >= 0.6 is 34.3 Å². The number of halogens is 2. The molecule has 20 heavy (non-hydrogen) atoms. The number of thiophene rings is 1. The lowest BCUT2D eigenvalue weighted by atomic mass is 10.1. The van der Waals surface area contributed by atoms with Crippen molar-refractivity contribution in [2.75, 3.05) is 13.2 Å². The van der Waals surface area contributed by atoms with E-state index in [9.17, 15) is 9.18 Å². The highest BCUT2D eigenvalue weighted by molar-refractivity contribution is 7.12. The Hall–Kier alpha value is -1.02.